The Morgan fingerprint density at radius 3 is 2.79 bits per heavy atom. The molecule has 2 aliphatic rings. The van der Waals surface area contributed by atoms with Crippen LogP contribution in [0.15, 0.2) is 48.7 Å². The van der Waals surface area contributed by atoms with Crippen molar-refractivity contribution in [2.75, 3.05) is 31.1 Å². The van der Waals surface area contributed by atoms with Crippen molar-refractivity contribution in [1.29, 1.82) is 0 Å². The molecule has 1 amide bonds. The second kappa shape index (κ2) is 8.93. The Hall–Kier alpha value is -2.44. The van der Waals surface area contributed by atoms with Crippen molar-refractivity contribution >= 4 is 11.7 Å². The van der Waals surface area contributed by atoms with Crippen LogP contribution in [0.2, 0.25) is 0 Å². The minimum absolute atomic E-state index is 0.171. The summed E-state index contributed by atoms with van der Waals surface area (Å²) >= 11 is 0. The van der Waals surface area contributed by atoms with Crippen LogP contribution in [0.4, 0.5) is 5.82 Å². The number of hydrogen-bond acceptors (Lipinski definition) is 5. The minimum atomic E-state index is -0.760. The molecule has 1 saturated heterocycles. The standard InChI is InChI=1S/C23H30N4O2/c28-20-11-4-5-12-23(20,18-8-2-1-3-9-18)26-22(29)19-10-6-14-25-21(19)27-16-7-13-24-15-17-27/h1-3,6,8-10,14,20,24,28H,4-5,7,11-13,15-17H2,(H,26,29)/t20-,23-/m1/s1. The molecule has 2 fully saturated rings. The molecular weight excluding hydrogens is 364 g/mol. The summed E-state index contributed by atoms with van der Waals surface area (Å²) in [6.45, 7) is 3.55. The molecule has 0 radical (unpaired) electrons. The van der Waals surface area contributed by atoms with Crippen molar-refractivity contribution < 1.29 is 9.90 Å². The van der Waals surface area contributed by atoms with Crippen molar-refractivity contribution in [1.82, 2.24) is 15.6 Å². The first-order chi connectivity index (χ1) is 14.2. The van der Waals surface area contributed by atoms with Crippen molar-refractivity contribution in [3.63, 3.8) is 0 Å². The highest BCUT2D eigenvalue weighted by Gasteiger charge is 2.43. The Balaban J connectivity index is 1.65. The maximum atomic E-state index is 13.5. The molecule has 1 aliphatic heterocycles. The Morgan fingerprint density at radius 2 is 1.97 bits per heavy atom. The minimum Gasteiger partial charge on any atom is -0.390 e. The van der Waals surface area contributed by atoms with Gasteiger partial charge < -0.3 is 20.6 Å². The van der Waals surface area contributed by atoms with Gasteiger partial charge in [-0.1, -0.05) is 43.2 Å². The van der Waals surface area contributed by atoms with Gasteiger partial charge in [0.25, 0.3) is 5.91 Å². The molecule has 6 nitrogen and oxygen atoms in total. The number of amides is 1. The summed E-state index contributed by atoms with van der Waals surface area (Å²) in [7, 11) is 0. The van der Waals surface area contributed by atoms with Crippen LogP contribution in [-0.4, -0.2) is 48.3 Å². The van der Waals surface area contributed by atoms with E-state index in [1.807, 2.05) is 36.4 Å². The van der Waals surface area contributed by atoms with Crippen LogP contribution in [-0.2, 0) is 5.54 Å². The maximum absolute atomic E-state index is 13.5. The van der Waals surface area contributed by atoms with Crippen LogP contribution in [0.1, 0.15) is 48.0 Å². The van der Waals surface area contributed by atoms with Gasteiger partial charge in [0.1, 0.15) is 5.82 Å². The van der Waals surface area contributed by atoms with Crippen LogP contribution >= 0.6 is 0 Å². The zero-order valence-corrected chi connectivity index (χ0v) is 16.8. The van der Waals surface area contributed by atoms with E-state index in [9.17, 15) is 9.90 Å². The smallest absolute Gasteiger partial charge is 0.255 e. The number of carbonyl (C=O) groups is 1. The summed E-state index contributed by atoms with van der Waals surface area (Å²) in [6, 6.07) is 13.5. The fourth-order valence-electron chi connectivity index (χ4n) is 4.60. The number of anilines is 1. The van der Waals surface area contributed by atoms with Gasteiger partial charge in [0, 0.05) is 25.8 Å². The van der Waals surface area contributed by atoms with Gasteiger partial charge in [-0.05, 0) is 43.5 Å². The quantitative estimate of drug-likeness (QED) is 0.743. The Morgan fingerprint density at radius 1 is 1.10 bits per heavy atom. The van der Waals surface area contributed by atoms with Crippen molar-refractivity contribution in [3.05, 3.63) is 59.8 Å². The van der Waals surface area contributed by atoms with Gasteiger partial charge in [-0.15, -0.1) is 0 Å². The number of carbonyl (C=O) groups excluding carboxylic acids is 1. The van der Waals surface area contributed by atoms with Crippen molar-refractivity contribution in [2.24, 2.45) is 0 Å². The average molecular weight is 395 g/mol. The SMILES string of the molecule is O=C(N[C@@]1(c2ccccc2)CCCC[C@H]1O)c1cccnc1N1CCCNCC1. The van der Waals surface area contributed by atoms with E-state index in [4.69, 9.17) is 0 Å². The van der Waals surface area contributed by atoms with Crippen LogP contribution in [0.25, 0.3) is 0 Å². The predicted octanol–water partition coefficient (Wildman–Crippen LogP) is 2.44. The molecule has 0 spiro atoms. The fraction of sp³-hybridized carbons (Fsp3) is 0.478. The number of pyridine rings is 1. The largest absolute Gasteiger partial charge is 0.390 e. The monoisotopic (exact) mass is 394 g/mol. The number of aliphatic hydroxyl groups excluding tert-OH is 1. The molecule has 3 N–H and O–H groups in total. The van der Waals surface area contributed by atoms with Crippen LogP contribution in [0, 0.1) is 0 Å². The van der Waals surface area contributed by atoms with Gasteiger partial charge >= 0.3 is 0 Å². The molecule has 2 atom stereocenters. The van der Waals surface area contributed by atoms with Gasteiger partial charge in [-0.25, -0.2) is 4.98 Å². The maximum Gasteiger partial charge on any atom is 0.255 e. The molecule has 1 saturated carbocycles. The van der Waals surface area contributed by atoms with Crippen LogP contribution in [0.3, 0.4) is 0 Å². The third-order valence-corrected chi connectivity index (χ3v) is 6.16. The molecule has 1 aromatic carbocycles. The number of aromatic nitrogens is 1. The van der Waals surface area contributed by atoms with Crippen LogP contribution in [0.5, 0.6) is 0 Å². The van der Waals surface area contributed by atoms with E-state index < -0.39 is 11.6 Å². The first kappa shape index (κ1) is 19.9. The van der Waals surface area contributed by atoms with Gasteiger partial charge in [0.2, 0.25) is 0 Å². The van der Waals surface area contributed by atoms with E-state index in [2.05, 4.69) is 20.5 Å². The highest BCUT2D eigenvalue weighted by atomic mass is 16.3. The number of hydrogen-bond donors (Lipinski definition) is 3. The number of rotatable bonds is 4. The van der Waals surface area contributed by atoms with E-state index in [1.165, 1.54) is 0 Å². The van der Waals surface area contributed by atoms with Gasteiger partial charge in [0.15, 0.2) is 0 Å². The van der Waals surface area contributed by atoms with E-state index in [0.29, 0.717) is 12.0 Å². The lowest BCUT2D eigenvalue weighted by Crippen LogP contribution is -2.55. The molecule has 4 rings (SSSR count). The first-order valence-electron chi connectivity index (χ1n) is 10.7. The average Bonchev–Trinajstić information content (AvgIpc) is 3.05. The zero-order chi connectivity index (χ0) is 20.1. The van der Waals surface area contributed by atoms with E-state index in [-0.39, 0.29) is 5.91 Å². The molecule has 29 heavy (non-hydrogen) atoms. The number of aliphatic hydroxyl groups is 1. The summed E-state index contributed by atoms with van der Waals surface area (Å²) in [5, 5.41) is 17.6. The van der Waals surface area contributed by atoms with E-state index in [1.54, 1.807) is 12.3 Å². The second-order valence-corrected chi connectivity index (χ2v) is 8.02. The summed E-state index contributed by atoms with van der Waals surface area (Å²) in [5.74, 6) is 0.553. The molecular formula is C23H30N4O2. The first-order valence-corrected chi connectivity index (χ1v) is 10.7. The molecule has 0 bridgehead atoms. The third kappa shape index (κ3) is 4.14. The number of benzene rings is 1. The molecule has 1 aromatic heterocycles. The van der Waals surface area contributed by atoms with E-state index >= 15 is 0 Å². The lowest BCUT2D eigenvalue weighted by molar-refractivity contribution is 0.0196. The molecule has 154 valence electrons. The summed E-state index contributed by atoms with van der Waals surface area (Å²) in [4.78, 5) is 20.2. The highest BCUT2D eigenvalue weighted by Crippen LogP contribution is 2.38. The lowest BCUT2D eigenvalue weighted by Gasteiger charge is -2.43. The Kier molecular flexibility index (Phi) is 6.11. The molecule has 6 heteroatoms. The predicted molar refractivity (Wildman–Crippen MR) is 114 cm³/mol. The molecule has 1 aliphatic carbocycles. The van der Waals surface area contributed by atoms with Gasteiger partial charge in [-0.2, -0.15) is 0 Å². The normalized spacial score (nSPS) is 25.3. The topological polar surface area (TPSA) is 77.5 Å². The van der Waals surface area contributed by atoms with Gasteiger partial charge in [0.05, 0.1) is 17.2 Å². The second-order valence-electron chi connectivity index (χ2n) is 8.02. The number of nitrogens with zero attached hydrogens (tertiary/aromatic N) is 2. The molecule has 2 heterocycles. The van der Waals surface area contributed by atoms with E-state index in [0.717, 1.165) is 63.2 Å². The number of nitrogens with one attached hydrogen (secondary N) is 2. The summed E-state index contributed by atoms with van der Waals surface area (Å²) in [5.41, 5.74) is 0.775. The molecule has 2 aromatic rings. The summed E-state index contributed by atoms with van der Waals surface area (Å²) < 4.78 is 0. The van der Waals surface area contributed by atoms with Crippen molar-refractivity contribution in [2.45, 2.75) is 43.7 Å². The fourth-order valence-corrected chi connectivity index (χ4v) is 4.60. The highest BCUT2D eigenvalue weighted by molar-refractivity contribution is 5.99. The van der Waals surface area contributed by atoms with Crippen molar-refractivity contribution in [3.8, 4) is 0 Å². The van der Waals surface area contributed by atoms with Gasteiger partial charge in [-0.3, -0.25) is 4.79 Å². The zero-order valence-electron chi connectivity index (χ0n) is 16.8. The Labute approximate surface area is 172 Å². The lowest BCUT2D eigenvalue weighted by atomic mass is 9.74. The molecule has 0 unspecified atom stereocenters. The third-order valence-electron chi connectivity index (χ3n) is 6.16. The van der Waals surface area contributed by atoms with Crippen LogP contribution < -0.4 is 15.5 Å². The summed E-state index contributed by atoms with van der Waals surface area (Å²) in [6.07, 6.45) is 5.52. The Bertz CT molecular complexity index is 821.